The normalized spacial score (nSPS) is 12.8. The van der Waals surface area contributed by atoms with Gasteiger partial charge in [0.1, 0.15) is 11.6 Å². The second-order valence-electron chi connectivity index (χ2n) is 5.82. The van der Waals surface area contributed by atoms with Crippen LogP contribution in [0.1, 0.15) is 12.5 Å². The topological polar surface area (TPSA) is 50.3 Å². The fraction of sp³-hybridized carbons (Fsp3) is 0.200. The predicted octanol–water partition coefficient (Wildman–Crippen LogP) is 4.31. The number of nitrogens with zero attached hydrogens (tertiary/aromatic N) is 3. The fourth-order valence-electron chi connectivity index (χ4n) is 3.11. The predicted molar refractivity (Wildman–Crippen MR) is 100 cm³/mol. The zero-order chi connectivity index (χ0) is 17.1. The number of nitrogens with one attached hydrogen (secondary N) is 1. The highest BCUT2D eigenvalue weighted by atomic mass is 16.5. The zero-order valence-corrected chi connectivity index (χ0v) is 14.1. The van der Waals surface area contributed by atoms with Crippen molar-refractivity contribution in [3.63, 3.8) is 0 Å². The summed E-state index contributed by atoms with van der Waals surface area (Å²) in [7, 11) is 0. The Morgan fingerprint density at radius 3 is 2.84 bits per heavy atom. The van der Waals surface area contributed by atoms with Gasteiger partial charge in [0.15, 0.2) is 0 Å². The van der Waals surface area contributed by atoms with Gasteiger partial charge in [-0.3, -0.25) is 0 Å². The molecule has 5 heteroatoms. The number of hydrogen-bond acceptors (Lipinski definition) is 5. The van der Waals surface area contributed by atoms with Crippen molar-refractivity contribution in [2.75, 3.05) is 23.4 Å². The minimum atomic E-state index is 0.564. The Balaban J connectivity index is 1.61. The van der Waals surface area contributed by atoms with Crippen molar-refractivity contribution in [3.8, 4) is 5.75 Å². The standard InChI is InChI=1S/C20H20N4O/c1-2-25-18-10-6-4-8-16(18)22-20-21-13-11-19(23-20)24-14-12-15-7-3-5-9-17(15)24/h3-11,13H,2,12,14H2,1H3,(H,21,22,23). The molecule has 1 aliphatic rings. The molecule has 4 rings (SSSR count). The second-order valence-corrected chi connectivity index (χ2v) is 5.82. The maximum absolute atomic E-state index is 5.66. The first-order valence-electron chi connectivity index (χ1n) is 8.52. The second kappa shape index (κ2) is 6.81. The number of anilines is 4. The van der Waals surface area contributed by atoms with Gasteiger partial charge < -0.3 is 15.0 Å². The fourth-order valence-corrected chi connectivity index (χ4v) is 3.11. The van der Waals surface area contributed by atoms with Gasteiger partial charge in [-0.05, 0) is 43.2 Å². The molecular formula is C20H20N4O. The van der Waals surface area contributed by atoms with Gasteiger partial charge in [-0.2, -0.15) is 4.98 Å². The van der Waals surface area contributed by atoms with Crippen LogP contribution in [0.4, 0.5) is 23.1 Å². The van der Waals surface area contributed by atoms with E-state index in [1.165, 1.54) is 11.3 Å². The van der Waals surface area contributed by atoms with Crippen molar-refractivity contribution in [2.24, 2.45) is 0 Å². The van der Waals surface area contributed by atoms with E-state index in [0.29, 0.717) is 12.6 Å². The summed E-state index contributed by atoms with van der Waals surface area (Å²) in [5.74, 6) is 2.26. The Morgan fingerprint density at radius 2 is 1.92 bits per heavy atom. The first-order chi connectivity index (χ1) is 12.3. The van der Waals surface area contributed by atoms with E-state index in [4.69, 9.17) is 9.72 Å². The molecule has 1 N–H and O–H groups in total. The number of hydrogen-bond donors (Lipinski definition) is 1. The van der Waals surface area contributed by atoms with Crippen molar-refractivity contribution < 1.29 is 4.74 Å². The molecule has 0 saturated carbocycles. The minimum Gasteiger partial charge on any atom is -0.492 e. The van der Waals surface area contributed by atoms with Gasteiger partial charge in [0, 0.05) is 18.4 Å². The van der Waals surface area contributed by atoms with Crippen molar-refractivity contribution >= 4 is 23.1 Å². The molecule has 0 bridgehead atoms. The van der Waals surface area contributed by atoms with Crippen LogP contribution in [0.3, 0.4) is 0 Å². The summed E-state index contributed by atoms with van der Waals surface area (Å²) in [4.78, 5) is 11.3. The van der Waals surface area contributed by atoms with Crippen LogP contribution in [0.15, 0.2) is 60.8 Å². The number of aromatic nitrogens is 2. The van der Waals surface area contributed by atoms with E-state index in [-0.39, 0.29) is 0 Å². The molecule has 0 spiro atoms. The van der Waals surface area contributed by atoms with Crippen LogP contribution >= 0.6 is 0 Å². The molecule has 1 aliphatic heterocycles. The largest absolute Gasteiger partial charge is 0.492 e. The summed E-state index contributed by atoms with van der Waals surface area (Å²) >= 11 is 0. The van der Waals surface area contributed by atoms with Gasteiger partial charge in [0.2, 0.25) is 5.95 Å². The lowest BCUT2D eigenvalue weighted by molar-refractivity contribution is 0.342. The van der Waals surface area contributed by atoms with E-state index in [0.717, 1.165) is 30.2 Å². The average Bonchev–Trinajstić information content (AvgIpc) is 3.08. The number of ether oxygens (including phenoxy) is 1. The maximum atomic E-state index is 5.66. The molecular weight excluding hydrogens is 312 g/mol. The van der Waals surface area contributed by atoms with E-state index in [2.05, 4.69) is 39.5 Å². The molecule has 0 fully saturated rings. The molecule has 5 nitrogen and oxygen atoms in total. The van der Waals surface area contributed by atoms with Crippen molar-refractivity contribution in [2.45, 2.75) is 13.3 Å². The van der Waals surface area contributed by atoms with Crippen LogP contribution in [-0.2, 0) is 6.42 Å². The van der Waals surface area contributed by atoms with Gasteiger partial charge >= 0.3 is 0 Å². The summed E-state index contributed by atoms with van der Waals surface area (Å²) < 4.78 is 5.66. The summed E-state index contributed by atoms with van der Waals surface area (Å²) in [6.45, 7) is 3.52. The number of rotatable bonds is 5. The number of para-hydroxylation sites is 3. The molecule has 0 saturated heterocycles. The van der Waals surface area contributed by atoms with E-state index in [1.54, 1.807) is 6.20 Å². The van der Waals surface area contributed by atoms with Crippen molar-refractivity contribution in [3.05, 3.63) is 66.4 Å². The van der Waals surface area contributed by atoms with Crippen molar-refractivity contribution in [1.82, 2.24) is 9.97 Å². The number of benzene rings is 2. The quantitative estimate of drug-likeness (QED) is 0.754. The van der Waals surface area contributed by atoms with E-state index < -0.39 is 0 Å². The molecule has 3 aromatic rings. The van der Waals surface area contributed by atoms with Crippen LogP contribution in [0.5, 0.6) is 5.75 Å². The van der Waals surface area contributed by atoms with E-state index in [1.807, 2.05) is 37.3 Å². The van der Waals surface area contributed by atoms with Crippen LogP contribution in [0.2, 0.25) is 0 Å². The molecule has 0 amide bonds. The molecule has 2 heterocycles. The Kier molecular flexibility index (Phi) is 4.21. The Labute approximate surface area is 147 Å². The zero-order valence-electron chi connectivity index (χ0n) is 14.1. The van der Waals surface area contributed by atoms with Crippen LogP contribution in [0, 0.1) is 0 Å². The van der Waals surface area contributed by atoms with Gasteiger partial charge in [-0.25, -0.2) is 4.98 Å². The Morgan fingerprint density at radius 1 is 1.08 bits per heavy atom. The lowest BCUT2D eigenvalue weighted by atomic mass is 10.2. The molecule has 0 aliphatic carbocycles. The highest BCUT2D eigenvalue weighted by molar-refractivity contribution is 5.69. The summed E-state index contributed by atoms with van der Waals surface area (Å²) in [5.41, 5.74) is 3.45. The first-order valence-corrected chi connectivity index (χ1v) is 8.52. The Bertz CT molecular complexity index is 881. The summed E-state index contributed by atoms with van der Waals surface area (Å²) in [6.07, 6.45) is 2.82. The smallest absolute Gasteiger partial charge is 0.229 e. The molecule has 0 radical (unpaired) electrons. The lowest BCUT2D eigenvalue weighted by Gasteiger charge is -2.19. The third kappa shape index (κ3) is 3.13. The molecule has 2 aromatic carbocycles. The summed E-state index contributed by atoms with van der Waals surface area (Å²) in [6, 6.07) is 18.2. The molecule has 1 aromatic heterocycles. The van der Waals surface area contributed by atoms with Crippen LogP contribution in [-0.4, -0.2) is 23.1 Å². The van der Waals surface area contributed by atoms with Gasteiger partial charge in [-0.1, -0.05) is 30.3 Å². The van der Waals surface area contributed by atoms with Crippen LogP contribution < -0.4 is 15.0 Å². The van der Waals surface area contributed by atoms with Gasteiger partial charge in [0.25, 0.3) is 0 Å². The van der Waals surface area contributed by atoms with E-state index in [9.17, 15) is 0 Å². The summed E-state index contributed by atoms with van der Waals surface area (Å²) in [5, 5.41) is 3.27. The third-order valence-electron chi connectivity index (χ3n) is 4.24. The molecule has 25 heavy (non-hydrogen) atoms. The minimum absolute atomic E-state index is 0.564. The molecule has 126 valence electrons. The van der Waals surface area contributed by atoms with Crippen molar-refractivity contribution in [1.29, 1.82) is 0 Å². The maximum Gasteiger partial charge on any atom is 0.229 e. The van der Waals surface area contributed by atoms with Gasteiger partial charge in [0.05, 0.1) is 12.3 Å². The SMILES string of the molecule is CCOc1ccccc1Nc1nccc(N2CCc3ccccc32)n1. The number of fused-ring (bicyclic) bond motifs is 1. The van der Waals surface area contributed by atoms with Crippen LogP contribution in [0.25, 0.3) is 0 Å². The average molecular weight is 332 g/mol. The molecule has 0 atom stereocenters. The first kappa shape index (κ1) is 15.4. The van der Waals surface area contributed by atoms with Gasteiger partial charge in [-0.15, -0.1) is 0 Å². The lowest BCUT2D eigenvalue weighted by Crippen LogP contribution is -2.15. The Hall–Kier alpha value is -3.08. The highest BCUT2D eigenvalue weighted by Gasteiger charge is 2.21. The van der Waals surface area contributed by atoms with E-state index >= 15 is 0 Å². The highest BCUT2D eigenvalue weighted by Crippen LogP contribution is 2.33. The third-order valence-corrected chi connectivity index (χ3v) is 4.24. The monoisotopic (exact) mass is 332 g/mol. The molecule has 0 unspecified atom stereocenters.